The Labute approximate surface area is 211 Å². The molecule has 182 valence electrons. The lowest BCUT2D eigenvalue weighted by Gasteiger charge is -2.34. The van der Waals surface area contributed by atoms with Gasteiger partial charge in [0.15, 0.2) is 5.96 Å². The van der Waals surface area contributed by atoms with E-state index >= 15 is 0 Å². The van der Waals surface area contributed by atoms with Gasteiger partial charge >= 0.3 is 0 Å². The molecule has 0 aliphatic carbocycles. The van der Waals surface area contributed by atoms with Crippen LogP contribution in [-0.2, 0) is 17.8 Å². The molecule has 0 saturated carbocycles. The Balaban J connectivity index is 0.00000363. The quantitative estimate of drug-likeness (QED) is 0.245. The number of hydrogen-bond donors (Lipinski definition) is 3. The molecule has 2 saturated heterocycles. The number of benzene rings is 1. The van der Waals surface area contributed by atoms with Crippen molar-refractivity contribution in [2.75, 3.05) is 59.0 Å². The molecule has 8 heteroatoms. The number of nitrogens with zero attached hydrogens (tertiary/aromatic N) is 3. The van der Waals surface area contributed by atoms with E-state index in [0.29, 0.717) is 19.6 Å². The zero-order valence-corrected chi connectivity index (χ0v) is 22.1. The normalized spacial score (nSPS) is 20.3. The lowest BCUT2D eigenvalue weighted by Crippen LogP contribution is -2.52. The molecular weight excluding hydrogens is 517 g/mol. The number of ether oxygens (including phenoxy) is 1. The van der Waals surface area contributed by atoms with Crippen LogP contribution in [0.1, 0.15) is 44.2 Å². The Kier molecular flexibility index (Phi) is 12.2. The third-order valence-corrected chi connectivity index (χ3v) is 6.02. The number of nitrogens with one attached hydrogen (secondary N) is 2. The van der Waals surface area contributed by atoms with Crippen molar-refractivity contribution in [3.8, 4) is 0 Å². The molecule has 0 radical (unpaired) electrons. The highest BCUT2D eigenvalue weighted by atomic mass is 127. The van der Waals surface area contributed by atoms with Gasteiger partial charge in [0, 0.05) is 39.3 Å². The van der Waals surface area contributed by atoms with Crippen LogP contribution in [0.3, 0.4) is 0 Å². The number of halogens is 1. The summed E-state index contributed by atoms with van der Waals surface area (Å²) in [6.07, 6.45) is 3.97. The molecule has 0 bridgehead atoms. The maximum atomic E-state index is 10.9. The molecule has 1 aromatic carbocycles. The Morgan fingerprint density at radius 2 is 1.72 bits per heavy atom. The van der Waals surface area contributed by atoms with Gasteiger partial charge in [-0.15, -0.1) is 24.0 Å². The van der Waals surface area contributed by atoms with Crippen molar-refractivity contribution in [2.24, 2.45) is 4.99 Å². The summed E-state index contributed by atoms with van der Waals surface area (Å²) in [5.41, 5.74) is 1.80. The van der Waals surface area contributed by atoms with Crippen LogP contribution in [0.5, 0.6) is 0 Å². The first-order valence-electron chi connectivity index (χ1n) is 11.9. The number of β-amino-alcohol motifs (C(OH)–C–C–N with tert-alkyl or cyclic N) is 1. The van der Waals surface area contributed by atoms with Gasteiger partial charge in [0.25, 0.3) is 0 Å². The van der Waals surface area contributed by atoms with Crippen LogP contribution in [0, 0.1) is 0 Å². The first-order chi connectivity index (χ1) is 15.1. The molecule has 0 amide bonds. The highest BCUT2D eigenvalue weighted by Crippen LogP contribution is 2.17. The lowest BCUT2D eigenvalue weighted by molar-refractivity contribution is -0.0201. The van der Waals surface area contributed by atoms with Gasteiger partial charge in [-0.1, -0.05) is 30.7 Å². The second-order valence-corrected chi connectivity index (χ2v) is 9.04. The van der Waals surface area contributed by atoms with Crippen molar-refractivity contribution in [2.45, 2.75) is 51.8 Å². The Morgan fingerprint density at radius 1 is 1.03 bits per heavy atom. The summed E-state index contributed by atoms with van der Waals surface area (Å²) in [6.45, 7) is 13.1. The van der Waals surface area contributed by atoms with Gasteiger partial charge in [0.05, 0.1) is 25.4 Å². The third kappa shape index (κ3) is 9.51. The predicted molar refractivity (Wildman–Crippen MR) is 142 cm³/mol. The summed E-state index contributed by atoms with van der Waals surface area (Å²) in [4.78, 5) is 9.63. The Hall–Kier alpha value is -0.940. The van der Waals surface area contributed by atoms with Gasteiger partial charge in [-0.3, -0.25) is 9.80 Å². The van der Waals surface area contributed by atoms with Crippen LogP contribution >= 0.6 is 24.0 Å². The van der Waals surface area contributed by atoms with Crippen molar-refractivity contribution < 1.29 is 9.84 Å². The average molecular weight is 560 g/mol. The summed E-state index contributed by atoms with van der Waals surface area (Å²) in [5.74, 6) is 0.748. The molecule has 0 spiro atoms. The molecule has 1 unspecified atom stereocenters. The summed E-state index contributed by atoms with van der Waals surface area (Å²) in [5, 5.41) is 17.5. The molecule has 3 rings (SSSR count). The van der Waals surface area contributed by atoms with E-state index in [1.54, 1.807) is 0 Å². The van der Waals surface area contributed by atoms with Gasteiger partial charge in [0.1, 0.15) is 0 Å². The molecule has 1 atom stereocenters. The first-order valence-corrected chi connectivity index (χ1v) is 11.9. The highest BCUT2D eigenvalue weighted by molar-refractivity contribution is 14.0. The van der Waals surface area contributed by atoms with Crippen LogP contribution in [0.25, 0.3) is 0 Å². The van der Waals surface area contributed by atoms with E-state index in [1.807, 2.05) is 6.92 Å². The van der Waals surface area contributed by atoms with Crippen LogP contribution in [0.4, 0.5) is 0 Å². The van der Waals surface area contributed by atoms with E-state index in [2.05, 4.69) is 51.6 Å². The zero-order chi connectivity index (χ0) is 21.9. The number of morpholine rings is 1. The van der Waals surface area contributed by atoms with Crippen molar-refractivity contribution in [3.05, 3.63) is 35.4 Å². The van der Waals surface area contributed by atoms with Gasteiger partial charge in [0.2, 0.25) is 0 Å². The summed E-state index contributed by atoms with van der Waals surface area (Å²) in [7, 11) is 0. The molecule has 0 aromatic heterocycles. The minimum Gasteiger partial charge on any atom is -0.387 e. The minimum atomic E-state index is -0.834. The fourth-order valence-corrected chi connectivity index (χ4v) is 4.30. The van der Waals surface area contributed by atoms with Crippen LogP contribution < -0.4 is 10.6 Å². The Bertz CT molecular complexity index is 689. The SMILES string of the molecule is CCNC(=NCc1ccccc1CN1CCCCC1)NCC(C)(O)CN1CCOCC1.I. The maximum absolute atomic E-state index is 10.9. The minimum absolute atomic E-state index is 0. The summed E-state index contributed by atoms with van der Waals surface area (Å²) < 4.78 is 5.40. The summed E-state index contributed by atoms with van der Waals surface area (Å²) in [6, 6.07) is 8.63. The largest absolute Gasteiger partial charge is 0.387 e. The number of hydrogen-bond acceptors (Lipinski definition) is 5. The van der Waals surface area contributed by atoms with Crippen LogP contribution in [-0.4, -0.2) is 85.5 Å². The number of likely N-dealkylation sites (tertiary alicyclic amines) is 1. The molecule has 2 heterocycles. The molecule has 1 aromatic rings. The van der Waals surface area contributed by atoms with Crippen molar-refractivity contribution in [1.82, 2.24) is 20.4 Å². The lowest BCUT2D eigenvalue weighted by atomic mass is 10.1. The highest BCUT2D eigenvalue weighted by Gasteiger charge is 2.25. The number of piperidine rings is 1. The van der Waals surface area contributed by atoms with Gasteiger partial charge in [-0.2, -0.15) is 0 Å². The third-order valence-electron chi connectivity index (χ3n) is 6.02. The molecule has 2 aliphatic heterocycles. The number of aliphatic imine (C=N–C) groups is 1. The van der Waals surface area contributed by atoms with Gasteiger partial charge in [-0.05, 0) is 50.9 Å². The van der Waals surface area contributed by atoms with Crippen molar-refractivity contribution >= 4 is 29.9 Å². The average Bonchev–Trinajstić information content (AvgIpc) is 2.78. The fraction of sp³-hybridized carbons (Fsp3) is 0.708. The Morgan fingerprint density at radius 3 is 2.41 bits per heavy atom. The van der Waals surface area contributed by atoms with Crippen LogP contribution in [0.2, 0.25) is 0 Å². The number of aliphatic hydroxyl groups is 1. The molecule has 2 aliphatic rings. The molecular formula is C24H42IN5O2. The molecule has 7 nitrogen and oxygen atoms in total. The standard InChI is InChI=1S/C24H41N5O2.HI/c1-3-25-23(27-19-24(2,30)20-29-13-15-31-16-14-29)26-17-21-9-5-6-10-22(21)18-28-11-7-4-8-12-28;/h5-6,9-10,30H,3-4,7-8,11-20H2,1-2H3,(H2,25,26,27);1H. The van der Waals surface area contributed by atoms with Crippen molar-refractivity contribution in [3.63, 3.8) is 0 Å². The van der Waals surface area contributed by atoms with E-state index < -0.39 is 5.60 Å². The monoisotopic (exact) mass is 559 g/mol. The van der Waals surface area contributed by atoms with E-state index in [1.165, 1.54) is 43.5 Å². The van der Waals surface area contributed by atoms with Gasteiger partial charge < -0.3 is 20.5 Å². The van der Waals surface area contributed by atoms with Crippen molar-refractivity contribution in [1.29, 1.82) is 0 Å². The smallest absolute Gasteiger partial charge is 0.191 e. The van der Waals surface area contributed by atoms with E-state index in [4.69, 9.17) is 9.73 Å². The first kappa shape index (κ1) is 27.3. The van der Waals surface area contributed by atoms with E-state index in [0.717, 1.165) is 45.4 Å². The maximum Gasteiger partial charge on any atom is 0.191 e. The summed E-state index contributed by atoms with van der Waals surface area (Å²) >= 11 is 0. The van der Waals surface area contributed by atoms with Gasteiger partial charge in [-0.25, -0.2) is 4.99 Å². The zero-order valence-electron chi connectivity index (χ0n) is 19.8. The second-order valence-electron chi connectivity index (χ2n) is 9.04. The van der Waals surface area contributed by atoms with E-state index in [9.17, 15) is 5.11 Å². The molecule has 32 heavy (non-hydrogen) atoms. The fourth-order valence-electron chi connectivity index (χ4n) is 4.30. The second kappa shape index (κ2) is 14.3. The molecule has 3 N–H and O–H groups in total. The predicted octanol–water partition coefficient (Wildman–Crippen LogP) is 2.43. The molecule has 2 fully saturated rings. The number of rotatable bonds is 9. The van der Waals surface area contributed by atoms with E-state index in [-0.39, 0.29) is 24.0 Å². The topological polar surface area (TPSA) is 72.4 Å². The van der Waals surface area contributed by atoms with Crippen LogP contribution in [0.15, 0.2) is 29.3 Å². The number of guanidine groups is 1.